The lowest BCUT2D eigenvalue weighted by molar-refractivity contribution is 0.0319. The smallest absolute Gasteiger partial charge is 0.339 e. The lowest BCUT2D eigenvalue weighted by atomic mass is 10.1. The molecule has 1 heterocycles. The van der Waals surface area contributed by atoms with Crippen LogP contribution in [0.4, 0.5) is 0 Å². The maximum Gasteiger partial charge on any atom is 0.339 e. The maximum absolute atomic E-state index is 12.7. The summed E-state index contributed by atoms with van der Waals surface area (Å²) < 4.78 is 15.7. The number of ether oxygens (including phenoxy) is 3. The van der Waals surface area contributed by atoms with Gasteiger partial charge in [0.2, 0.25) is 5.78 Å². The van der Waals surface area contributed by atoms with Crippen molar-refractivity contribution >= 4 is 34.3 Å². The summed E-state index contributed by atoms with van der Waals surface area (Å²) in [7, 11) is 2.89. The summed E-state index contributed by atoms with van der Waals surface area (Å²) in [6, 6.07) is 10.3. The summed E-state index contributed by atoms with van der Waals surface area (Å²) in [5.74, 6) is -0.364. The van der Waals surface area contributed by atoms with Gasteiger partial charge in [-0.2, -0.15) is 0 Å². The Morgan fingerprint density at radius 1 is 1.11 bits per heavy atom. The highest BCUT2D eigenvalue weighted by Gasteiger charge is 2.24. The average molecular weight is 388 g/mol. The van der Waals surface area contributed by atoms with E-state index in [0.29, 0.717) is 17.1 Å². The first-order valence-corrected chi connectivity index (χ1v) is 8.57. The van der Waals surface area contributed by atoms with Gasteiger partial charge in [0, 0.05) is 22.7 Å². The fraction of sp³-hybridized carbons (Fsp3) is 0.200. The number of benzene rings is 2. The Hall–Kier alpha value is -2.99. The molecule has 0 spiro atoms. The van der Waals surface area contributed by atoms with E-state index in [1.54, 1.807) is 6.20 Å². The summed E-state index contributed by atoms with van der Waals surface area (Å²) in [5, 5.41) is 0.985. The largest absolute Gasteiger partial charge is 0.493 e. The molecule has 1 aromatic heterocycles. The van der Waals surface area contributed by atoms with Crippen LogP contribution in [0.1, 0.15) is 27.6 Å². The maximum atomic E-state index is 12.7. The Kier molecular flexibility index (Phi) is 5.37. The summed E-state index contributed by atoms with van der Waals surface area (Å²) in [5.41, 5.74) is 1.47. The number of ketones is 1. The van der Waals surface area contributed by atoms with Gasteiger partial charge in [0.1, 0.15) is 0 Å². The quantitative estimate of drug-likeness (QED) is 0.505. The van der Waals surface area contributed by atoms with Gasteiger partial charge >= 0.3 is 5.97 Å². The van der Waals surface area contributed by atoms with Gasteiger partial charge in [-0.3, -0.25) is 4.79 Å². The third kappa shape index (κ3) is 3.61. The van der Waals surface area contributed by atoms with Crippen LogP contribution in [-0.4, -0.2) is 37.1 Å². The third-order valence-electron chi connectivity index (χ3n) is 4.18. The molecule has 0 fully saturated rings. The molecule has 0 saturated heterocycles. The molecule has 140 valence electrons. The first-order chi connectivity index (χ1) is 13.0. The first kappa shape index (κ1) is 18.8. The van der Waals surface area contributed by atoms with E-state index in [1.807, 2.05) is 24.3 Å². The number of rotatable bonds is 6. The standard InChI is InChI=1S/C20H18ClNO5/c1-11(18(23)14-10-22-16-7-5-4-6-13(14)16)27-20(24)12-8-15(21)19(26-3)17(9-12)25-2/h4-11,22H,1-3H3/t11-/m0/s1. The molecule has 0 unspecified atom stereocenters. The second kappa shape index (κ2) is 7.72. The summed E-state index contributed by atoms with van der Waals surface area (Å²) in [6.07, 6.45) is 0.647. The second-order valence-corrected chi connectivity index (χ2v) is 6.26. The Bertz CT molecular complexity index is 1010. The number of fused-ring (bicyclic) bond motifs is 1. The first-order valence-electron chi connectivity index (χ1n) is 8.19. The van der Waals surface area contributed by atoms with Gasteiger partial charge < -0.3 is 19.2 Å². The van der Waals surface area contributed by atoms with E-state index in [2.05, 4.69) is 4.98 Å². The SMILES string of the molecule is COc1cc(C(=O)O[C@@H](C)C(=O)c2c[nH]c3ccccc23)cc(Cl)c1OC. The number of Topliss-reactive ketones (excluding diaryl/α,β-unsaturated/α-hetero) is 1. The van der Waals surface area contributed by atoms with Crippen molar-refractivity contribution < 1.29 is 23.8 Å². The van der Waals surface area contributed by atoms with Gasteiger partial charge in [0.15, 0.2) is 17.6 Å². The molecule has 0 bridgehead atoms. The molecule has 1 atom stereocenters. The zero-order chi connectivity index (χ0) is 19.6. The minimum atomic E-state index is -0.969. The predicted octanol–water partition coefficient (Wildman–Crippen LogP) is 4.27. The van der Waals surface area contributed by atoms with Crippen LogP contribution in [0.15, 0.2) is 42.6 Å². The van der Waals surface area contributed by atoms with E-state index in [1.165, 1.54) is 33.3 Å². The number of hydrogen-bond donors (Lipinski definition) is 1. The van der Waals surface area contributed by atoms with E-state index >= 15 is 0 Å². The molecule has 7 heteroatoms. The van der Waals surface area contributed by atoms with Gasteiger partial charge in [-0.1, -0.05) is 29.8 Å². The Labute approximate surface area is 161 Å². The molecule has 3 aromatic rings. The number of esters is 1. The van der Waals surface area contributed by atoms with Crippen molar-refractivity contribution in [1.82, 2.24) is 4.98 Å². The number of para-hydroxylation sites is 1. The van der Waals surface area contributed by atoms with E-state index in [9.17, 15) is 9.59 Å². The minimum Gasteiger partial charge on any atom is -0.493 e. The van der Waals surface area contributed by atoms with Gasteiger partial charge in [0.25, 0.3) is 0 Å². The van der Waals surface area contributed by atoms with Gasteiger partial charge in [-0.25, -0.2) is 4.79 Å². The fourth-order valence-electron chi connectivity index (χ4n) is 2.81. The van der Waals surface area contributed by atoms with Crippen molar-refractivity contribution in [3.63, 3.8) is 0 Å². The number of methoxy groups -OCH3 is 2. The number of carbonyl (C=O) groups excluding carboxylic acids is 2. The predicted molar refractivity (Wildman–Crippen MR) is 102 cm³/mol. The van der Waals surface area contributed by atoms with Crippen LogP contribution >= 0.6 is 11.6 Å². The lowest BCUT2D eigenvalue weighted by Crippen LogP contribution is -2.24. The number of carbonyl (C=O) groups is 2. The minimum absolute atomic E-state index is 0.163. The zero-order valence-corrected chi connectivity index (χ0v) is 15.8. The molecule has 0 saturated carbocycles. The monoisotopic (exact) mass is 387 g/mol. The van der Waals surface area contributed by atoms with E-state index in [0.717, 1.165) is 10.9 Å². The summed E-state index contributed by atoms with van der Waals surface area (Å²) in [4.78, 5) is 28.2. The number of aromatic nitrogens is 1. The number of aromatic amines is 1. The summed E-state index contributed by atoms with van der Waals surface area (Å²) in [6.45, 7) is 1.53. The number of hydrogen-bond acceptors (Lipinski definition) is 5. The molecule has 0 amide bonds. The van der Waals surface area contributed by atoms with Crippen LogP contribution < -0.4 is 9.47 Å². The number of H-pyrrole nitrogens is 1. The van der Waals surface area contributed by atoms with Crippen LogP contribution in [0, 0.1) is 0 Å². The van der Waals surface area contributed by atoms with Crippen molar-refractivity contribution in [2.45, 2.75) is 13.0 Å². The van der Waals surface area contributed by atoms with Crippen LogP contribution in [0.2, 0.25) is 5.02 Å². The van der Waals surface area contributed by atoms with E-state index in [4.69, 9.17) is 25.8 Å². The molecular formula is C20H18ClNO5. The van der Waals surface area contributed by atoms with Crippen molar-refractivity contribution in [1.29, 1.82) is 0 Å². The molecule has 1 N–H and O–H groups in total. The second-order valence-electron chi connectivity index (χ2n) is 5.85. The molecule has 0 aliphatic rings. The molecule has 3 rings (SSSR count). The Morgan fingerprint density at radius 3 is 2.56 bits per heavy atom. The third-order valence-corrected chi connectivity index (χ3v) is 4.46. The molecule has 6 nitrogen and oxygen atoms in total. The van der Waals surface area contributed by atoms with E-state index < -0.39 is 12.1 Å². The normalized spacial score (nSPS) is 11.9. The fourth-order valence-corrected chi connectivity index (χ4v) is 3.10. The molecule has 2 aromatic carbocycles. The Morgan fingerprint density at radius 2 is 1.85 bits per heavy atom. The highest BCUT2D eigenvalue weighted by molar-refractivity contribution is 6.32. The average Bonchev–Trinajstić information content (AvgIpc) is 3.10. The van der Waals surface area contributed by atoms with E-state index in [-0.39, 0.29) is 16.4 Å². The lowest BCUT2D eigenvalue weighted by Gasteiger charge is -2.14. The van der Waals surface area contributed by atoms with Crippen molar-refractivity contribution in [3.05, 3.63) is 58.7 Å². The highest BCUT2D eigenvalue weighted by atomic mass is 35.5. The zero-order valence-electron chi connectivity index (χ0n) is 15.0. The molecule has 27 heavy (non-hydrogen) atoms. The Balaban J connectivity index is 1.81. The van der Waals surface area contributed by atoms with Gasteiger partial charge in [-0.15, -0.1) is 0 Å². The van der Waals surface area contributed by atoms with Crippen LogP contribution in [0.25, 0.3) is 10.9 Å². The molecule has 0 aliphatic heterocycles. The van der Waals surface area contributed by atoms with Crippen LogP contribution in [-0.2, 0) is 4.74 Å². The summed E-state index contributed by atoms with van der Waals surface area (Å²) >= 11 is 6.12. The van der Waals surface area contributed by atoms with Crippen molar-refractivity contribution in [2.24, 2.45) is 0 Å². The van der Waals surface area contributed by atoms with Crippen LogP contribution in [0.5, 0.6) is 11.5 Å². The molecular weight excluding hydrogens is 370 g/mol. The molecule has 0 radical (unpaired) electrons. The number of nitrogens with one attached hydrogen (secondary N) is 1. The van der Waals surface area contributed by atoms with Crippen LogP contribution in [0.3, 0.4) is 0 Å². The highest BCUT2D eigenvalue weighted by Crippen LogP contribution is 2.36. The van der Waals surface area contributed by atoms with Gasteiger partial charge in [-0.05, 0) is 25.1 Å². The number of halogens is 1. The van der Waals surface area contributed by atoms with Crippen molar-refractivity contribution in [2.75, 3.05) is 14.2 Å². The molecule has 0 aliphatic carbocycles. The van der Waals surface area contributed by atoms with Gasteiger partial charge in [0.05, 0.1) is 24.8 Å². The van der Waals surface area contributed by atoms with Crippen molar-refractivity contribution in [3.8, 4) is 11.5 Å². The topological polar surface area (TPSA) is 77.6 Å².